The van der Waals surface area contributed by atoms with E-state index in [0.29, 0.717) is 22.8 Å². The largest absolute Gasteiger partial charge is 0.467 e. The van der Waals surface area contributed by atoms with Gasteiger partial charge in [0.15, 0.2) is 0 Å². The van der Waals surface area contributed by atoms with Crippen LogP contribution in [-0.4, -0.2) is 61.4 Å². The van der Waals surface area contributed by atoms with Crippen LogP contribution in [0.3, 0.4) is 0 Å². The molecule has 2 aromatic carbocycles. The lowest BCUT2D eigenvalue weighted by atomic mass is 10.0. The van der Waals surface area contributed by atoms with Gasteiger partial charge in [0.2, 0.25) is 0 Å². The van der Waals surface area contributed by atoms with E-state index in [1.54, 1.807) is 17.8 Å². The Bertz CT molecular complexity index is 1080. The van der Waals surface area contributed by atoms with Gasteiger partial charge in [0.05, 0.1) is 12.7 Å². The zero-order valence-electron chi connectivity index (χ0n) is 20.4. The van der Waals surface area contributed by atoms with Gasteiger partial charge in [-0.05, 0) is 68.7 Å². The average Bonchev–Trinajstić information content (AvgIpc) is 3.28. The molecule has 0 spiro atoms. The second-order valence-corrected chi connectivity index (χ2v) is 10.2. The van der Waals surface area contributed by atoms with E-state index in [4.69, 9.17) is 4.74 Å². The van der Waals surface area contributed by atoms with E-state index in [-0.39, 0.29) is 11.9 Å². The molecule has 1 aliphatic rings. The first-order valence-corrected chi connectivity index (χ1v) is 13.6. The van der Waals surface area contributed by atoms with Crippen molar-refractivity contribution >= 4 is 42.0 Å². The van der Waals surface area contributed by atoms with Crippen LogP contribution in [0.4, 0.5) is 5.69 Å². The standard InChI is InChI=1S/C27H33N3O3S2/c1-18-4-6-19(7-5-18)8-9-20-16-21(29-17-24-25(34)12-14-28-24)10-11-22(20)26(31)30-23(13-15-35-3)27(32)33-2/h4-7,10-11,16,23-25,28-29,34H,12-15,17H2,1-3H3,(H,30,31)/t23-,24?,25?/m0/s1. The molecule has 1 saturated heterocycles. The fraction of sp³-hybridized carbons (Fsp3) is 0.407. The molecule has 6 nitrogen and oxygen atoms in total. The van der Waals surface area contributed by atoms with Crippen molar-refractivity contribution in [3.63, 3.8) is 0 Å². The van der Waals surface area contributed by atoms with E-state index in [9.17, 15) is 9.59 Å². The molecule has 1 amide bonds. The average molecular weight is 512 g/mol. The number of carbonyl (C=O) groups excluding carboxylic acids is 2. The molecular formula is C27H33N3O3S2. The smallest absolute Gasteiger partial charge is 0.328 e. The molecule has 8 heteroatoms. The number of thiol groups is 1. The first-order valence-electron chi connectivity index (χ1n) is 11.7. The van der Waals surface area contributed by atoms with E-state index in [1.807, 2.05) is 49.6 Å². The molecule has 186 valence electrons. The third-order valence-corrected chi connectivity index (χ3v) is 7.16. The van der Waals surface area contributed by atoms with Gasteiger partial charge in [0, 0.05) is 34.7 Å². The predicted molar refractivity (Wildman–Crippen MR) is 148 cm³/mol. The topological polar surface area (TPSA) is 79.5 Å². The lowest BCUT2D eigenvalue weighted by Crippen LogP contribution is -2.42. The Morgan fingerprint density at radius 3 is 2.66 bits per heavy atom. The number of thioether (sulfide) groups is 1. The van der Waals surface area contributed by atoms with Gasteiger partial charge >= 0.3 is 5.97 Å². The van der Waals surface area contributed by atoms with Crippen LogP contribution in [0.1, 0.15) is 39.9 Å². The first-order chi connectivity index (χ1) is 16.9. The Hall–Kier alpha value is -2.60. The quantitative estimate of drug-likeness (QED) is 0.235. The van der Waals surface area contributed by atoms with Crippen molar-refractivity contribution in [3.05, 3.63) is 64.7 Å². The number of nitrogens with one attached hydrogen (secondary N) is 3. The van der Waals surface area contributed by atoms with Crippen molar-refractivity contribution in [3.8, 4) is 11.8 Å². The van der Waals surface area contributed by atoms with Gasteiger partial charge in [0.1, 0.15) is 6.04 Å². The fourth-order valence-corrected chi connectivity index (χ4v) is 4.60. The molecule has 2 aromatic rings. The maximum Gasteiger partial charge on any atom is 0.328 e. The summed E-state index contributed by atoms with van der Waals surface area (Å²) >= 11 is 6.25. The maximum atomic E-state index is 13.2. The number of benzene rings is 2. The molecule has 1 aliphatic heterocycles. The van der Waals surface area contributed by atoms with Crippen LogP contribution in [0.15, 0.2) is 42.5 Å². The van der Waals surface area contributed by atoms with E-state index >= 15 is 0 Å². The van der Waals surface area contributed by atoms with Gasteiger partial charge < -0.3 is 20.7 Å². The molecular weight excluding hydrogens is 478 g/mol. The van der Waals surface area contributed by atoms with Crippen LogP contribution in [0.25, 0.3) is 0 Å². The minimum Gasteiger partial charge on any atom is -0.467 e. The van der Waals surface area contributed by atoms with Crippen molar-refractivity contribution in [2.75, 3.05) is 37.5 Å². The normalized spacial score (nSPS) is 17.7. The second-order valence-electron chi connectivity index (χ2n) is 8.50. The van der Waals surface area contributed by atoms with Crippen molar-refractivity contribution in [2.45, 2.75) is 37.1 Å². The minimum absolute atomic E-state index is 0.278. The summed E-state index contributed by atoms with van der Waals surface area (Å²) in [4.78, 5) is 25.4. The Labute approximate surface area is 217 Å². The van der Waals surface area contributed by atoms with Crippen LogP contribution in [0.2, 0.25) is 0 Å². The Morgan fingerprint density at radius 2 is 2.00 bits per heavy atom. The lowest BCUT2D eigenvalue weighted by Gasteiger charge is -2.18. The van der Waals surface area contributed by atoms with E-state index in [1.165, 1.54) is 7.11 Å². The summed E-state index contributed by atoms with van der Waals surface area (Å²) in [6, 6.07) is 13.0. The summed E-state index contributed by atoms with van der Waals surface area (Å²) in [5, 5.41) is 10.0. The third-order valence-electron chi connectivity index (χ3n) is 5.90. The highest BCUT2D eigenvalue weighted by molar-refractivity contribution is 7.98. The molecule has 1 fully saturated rings. The summed E-state index contributed by atoms with van der Waals surface area (Å²) < 4.78 is 4.89. The fourth-order valence-electron chi connectivity index (χ4n) is 3.78. The van der Waals surface area contributed by atoms with Crippen LogP contribution in [0.5, 0.6) is 0 Å². The Balaban J connectivity index is 1.85. The van der Waals surface area contributed by atoms with E-state index in [2.05, 4.69) is 40.4 Å². The number of esters is 1. The van der Waals surface area contributed by atoms with Crippen molar-refractivity contribution in [1.82, 2.24) is 10.6 Å². The Kier molecular flexibility index (Phi) is 10.4. The van der Waals surface area contributed by atoms with E-state index in [0.717, 1.165) is 42.1 Å². The Morgan fingerprint density at radius 1 is 1.23 bits per heavy atom. The number of amides is 1. The van der Waals surface area contributed by atoms with Gasteiger partial charge in [0.25, 0.3) is 5.91 Å². The van der Waals surface area contributed by atoms with Gasteiger partial charge in [-0.25, -0.2) is 4.79 Å². The molecule has 1 heterocycles. The third kappa shape index (κ3) is 7.96. The number of ether oxygens (including phenoxy) is 1. The van der Waals surface area contributed by atoms with Crippen LogP contribution < -0.4 is 16.0 Å². The highest BCUT2D eigenvalue weighted by atomic mass is 32.2. The van der Waals surface area contributed by atoms with Crippen molar-refractivity contribution in [1.29, 1.82) is 0 Å². The number of rotatable bonds is 9. The van der Waals surface area contributed by atoms with Crippen LogP contribution in [-0.2, 0) is 9.53 Å². The SMILES string of the molecule is COC(=O)[C@H](CCSC)NC(=O)c1ccc(NCC2NCCC2S)cc1C#Cc1ccc(C)cc1. The number of carbonyl (C=O) groups is 2. The van der Waals surface area contributed by atoms with Crippen molar-refractivity contribution in [2.24, 2.45) is 0 Å². The zero-order valence-corrected chi connectivity index (χ0v) is 22.1. The highest BCUT2D eigenvalue weighted by Crippen LogP contribution is 2.19. The number of hydrogen-bond acceptors (Lipinski definition) is 7. The molecule has 3 rings (SSSR count). The minimum atomic E-state index is -0.712. The summed E-state index contributed by atoms with van der Waals surface area (Å²) in [7, 11) is 1.33. The number of hydrogen-bond donors (Lipinski definition) is 4. The zero-order chi connectivity index (χ0) is 25.2. The second kappa shape index (κ2) is 13.5. The number of anilines is 1. The summed E-state index contributed by atoms with van der Waals surface area (Å²) in [6.07, 6.45) is 3.49. The molecule has 0 aromatic heterocycles. The van der Waals surface area contributed by atoms with Gasteiger partial charge in [-0.15, -0.1) is 0 Å². The molecule has 0 aliphatic carbocycles. The van der Waals surface area contributed by atoms with E-state index < -0.39 is 12.0 Å². The lowest BCUT2D eigenvalue weighted by molar-refractivity contribution is -0.142. The van der Waals surface area contributed by atoms with Crippen LogP contribution in [0, 0.1) is 18.8 Å². The predicted octanol–water partition coefficient (Wildman–Crippen LogP) is 3.49. The maximum absolute atomic E-state index is 13.2. The highest BCUT2D eigenvalue weighted by Gasteiger charge is 2.24. The molecule has 2 unspecified atom stereocenters. The molecule has 3 N–H and O–H groups in total. The van der Waals surface area contributed by atoms with Gasteiger partial charge in [-0.2, -0.15) is 24.4 Å². The molecule has 35 heavy (non-hydrogen) atoms. The van der Waals surface area contributed by atoms with Gasteiger partial charge in [-0.3, -0.25) is 4.79 Å². The number of methoxy groups -OCH3 is 1. The molecule has 0 radical (unpaired) electrons. The van der Waals surface area contributed by atoms with Gasteiger partial charge in [-0.1, -0.05) is 29.5 Å². The summed E-state index contributed by atoms with van der Waals surface area (Å²) in [5.74, 6) is 6.24. The molecule has 0 bridgehead atoms. The molecule has 0 saturated carbocycles. The monoisotopic (exact) mass is 511 g/mol. The van der Waals surface area contributed by atoms with Crippen LogP contribution >= 0.6 is 24.4 Å². The number of aryl methyl sites for hydroxylation is 1. The molecule has 3 atom stereocenters. The summed E-state index contributed by atoms with van der Waals surface area (Å²) in [6.45, 7) is 3.71. The van der Waals surface area contributed by atoms with Crippen molar-refractivity contribution < 1.29 is 14.3 Å². The summed E-state index contributed by atoms with van der Waals surface area (Å²) in [5.41, 5.74) is 3.89. The first kappa shape index (κ1) is 27.0.